The molecule has 0 atom stereocenters. The smallest absolute Gasteiger partial charge is 0.505 e. The van der Waals surface area contributed by atoms with Crippen molar-refractivity contribution in [1.82, 2.24) is 0 Å². The summed E-state index contributed by atoms with van der Waals surface area (Å²) in [6.45, 7) is 0. The molecule has 8 nitrogen and oxygen atoms in total. The van der Waals surface area contributed by atoms with E-state index in [9.17, 15) is 32.3 Å². The number of phenols is 1. The average Bonchev–Trinajstić information content (AvgIpc) is 3.18. The van der Waals surface area contributed by atoms with Gasteiger partial charge in [-0.25, -0.2) is 9.18 Å². The van der Waals surface area contributed by atoms with Gasteiger partial charge in [0.05, 0.1) is 22.6 Å². The van der Waals surface area contributed by atoms with Crippen molar-refractivity contribution in [2.45, 2.75) is 6.18 Å². The van der Waals surface area contributed by atoms with Crippen LogP contribution in [0.25, 0.3) is 11.1 Å². The van der Waals surface area contributed by atoms with E-state index in [1.165, 1.54) is 24.3 Å². The highest BCUT2D eigenvalue weighted by atomic mass is 19.4. The molecule has 40 heavy (non-hydrogen) atoms. The lowest BCUT2D eigenvalue weighted by Crippen LogP contribution is -2.26. The highest BCUT2D eigenvalue weighted by Crippen LogP contribution is 2.40. The first-order valence-corrected chi connectivity index (χ1v) is 11.5. The Morgan fingerprint density at radius 1 is 0.925 bits per heavy atom. The van der Waals surface area contributed by atoms with E-state index in [0.717, 1.165) is 11.0 Å². The number of halogens is 4. The van der Waals surface area contributed by atoms with Crippen LogP contribution in [0.1, 0.15) is 11.1 Å². The van der Waals surface area contributed by atoms with E-state index in [2.05, 4.69) is 15.3 Å². The molecule has 0 radical (unpaired) electrons. The summed E-state index contributed by atoms with van der Waals surface area (Å²) in [5, 5.41) is 23.9. The summed E-state index contributed by atoms with van der Waals surface area (Å²) in [7, 11) is 0. The maximum absolute atomic E-state index is 14.3. The van der Waals surface area contributed by atoms with E-state index >= 15 is 0 Å². The minimum Gasteiger partial charge on any atom is -0.505 e. The van der Waals surface area contributed by atoms with Crippen LogP contribution in [-0.4, -0.2) is 28.0 Å². The fraction of sp³-hybridized carbons (Fsp3) is 0.0357. The number of para-hydroxylation sites is 2. The van der Waals surface area contributed by atoms with Crippen molar-refractivity contribution in [2.75, 3.05) is 10.3 Å². The number of hydrogen-bond acceptors (Lipinski definition) is 6. The van der Waals surface area contributed by atoms with Crippen molar-refractivity contribution in [3.63, 3.8) is 0 Å². The van der Waals surface area contributed by atoms with Crippen LogP contribution in [0.2, 0.25) is 0 Å². The second-order valence-corrected chi connectivity index (χ2v) is 8.49. The molecule has 3 N–H and O–H groups in total. The van der Waals surface area contributed by atoms with E-state index in [0.29, 0.717) is 28.8 Å². The third kappa shape index (κ3) is 4.89. The maximum atomic E-state index is 14.3. The van der Waals surface area contributed by atoms with E-state index in [1.807, 2.05) is 0 Å². The zero-order chi connectivity index (χ0) is 28.6. The maximum Gasteiger partial charge on any atom is 0.511 e. The summed E-state index contributed by atoms with van der Waals surface area (Å²) < 4.78 is 58.1. The number of phenolic OH excluding ortho intramolecular Hbond substituents is 1. The highest BCUT2D eigenvalue weighted by Gasteiger charge is 2.38. The SMILES string of the molecule is O=C(O)Oc1cccc(-c2cccc(NN=C3C(=O)N(c4ccc(C(F)(F)F)c(F)c4)c4ccccc43)c2O)c1. The molecule has 12 heteroatoms. The number of anilines is 3. The van der Waals surface area contributed by atoms with Gasteiger partial charge in [0, 0.05) is 11.1 Å². The van der Waals surface area contributed by atoms with Crippen molar-refractivity contribution in [3.05, 3.63) is 102 Å². The number of ether oxygens (including phenoxy) is 1. The van der Waals surface area contributed by atoms with Gasteiger partial charge >= 0.3 is 12.3 Å². The van der Waals surface area contributed by atoms with E-state index < -0.39 is 29.6 Å². The molecule has 0 fully saturated rings. The third-order valence-corrected chi connectivity index (χ3v) is 6.00. The minimum atomic E-state index is -4.90. The van der Waals surface area contributed by atoms with Gasteiger partial charge in [-0.05, 0) is 48.0 Å². The van der Waals surface area contributed by atoms with Crippen LogP contribution in [0.4, 0.5) is 39.4 Å². The summed E-state index contributed by atoms with van der Waals surface area (Å²) in [5.74, 6) is -2.49. The monoisotopic (exact) mass is 551 g/mol. The van der Waals surface area contributed by atoms with Crippen molar-refractivity contribution < 1.29 is 42.1 Å². The van der Waals surface area contributed by atoms with Gasteiger partial charge in [0.2, 0.25) is 0 Å². The quantitative estimate of drug-likeness (QED) is 0.0830. The Labute approximate surface area is 223 Å². The number of carboxylic acid groups (broad SMARTS) is 1. The number of carbonyl (C=O) groups is 2. The summed E-state index contributed by atoms with van der Waals surface area (Å²) in [4.78, 5) is 25.3. The Morgan fingerprint density at radius 2 is 1.65 bits per heavy atom. The Kier molecular flexibility index (Phi) is 6.59. The molecule has 5 rings (SSSR count). The normalized spacial score (nSPS) is 13.8. The van der Waals surface area contributed by atoms with Crippen LogP contribution in [-0.2, 0) is 11.0 Å². The summed E-state index contributed by atoms with van der Waals surface area (Å²) in [6.07, 6.45) is -6.39. The number of nitrogens with one attached hydrogen (secondary N) is 1. The number of alkyl halides is 3. The zero-order valence-electron chi connectivity index (χ0n) is 20.1. The van der Waals surface area contributed by atoms with E-state index in [1.54, 1.807) is 42.5 Å². The molecule has 1 heterocycles. The van der Waals surface area contributed by atoms with Crippen LogP contribution in [0.3, 0.4) is 0 Å². The molecular weight excluding hydrogens is 534 g/mol. The third-order valence-electron chi connectivity index (χ3n) is 6.00. The predicted octanol–water partition coefficient (Wildman–Crippen LogP) is 6.77. The number of hydrogen-bond donors (Lipinski definition) is 3. The topological polar surface area (TPSA) is 111 Å². The summed E-state index contributed by atoms with van der Waals surface area (Å²) in [5.41, 5.74) is 2.38. The molecule has 0 bridgehead atoms. The number of rotatable bonds is 5. The van der Waals surface area contributed by atoms with Gasteiger partial charge in [-0.1, -0.05) is 42.5 Å². The molecule has 0 spiro atoms. The fourth-order valence-corrected chi connectivity index (χ4v) is 4.25. The first kappa shape index (κ1) is 26.2. The first-order chi connectivity index (χ1) is 19.0. The molecule has 0 saturated carbocycles. The van der Waals surface area contributed by atoms with Crippen LogP contribution < -0.4 is 15.1 Å². The molecule has 4 aromatic rings. The lowest BCUT2D eigenvalue weighted by molar-refractivity contribution is -0.140. The lowest BCUT2D eigenvalue weighted by atomic mass is 10.0. The Hall–Kier alpha value is -5.39. The number of nitrogens with zero attached hydrogens (tertiary/aromatic N) is 2. The largest absolute Gasteiger partial charge is 0.511 e. The number of hydrazone groups is 1. The molecule has 1 aliphatic heterocycles. The molecular formula is C28H17F4N3O5. The molecule has 1 aliphatic rings. The van der Waals surface area contributed by atoms with Gasteiger partial charge in [0.15, 0.2) is 5.71 Å². The van der Waals surface area contributed by atoms with Gasteiger partial charge in [-0.15, -0.1) is 0 Å². The molecule has 0 saturated heterocycles. The number of aromatic hydroxyl groups is 1. The van der Waals surface area contributed by atoms with Crippen molar-refractivity contribution in [3.8, 4) is 22.6 Å². The molecule has 202 valence electrons. The molecule has 1 amide bonds. The number of amides is 1. The molecule has 0 aromatic heterocycles. The van der Waals surface area contributed by atoms with Gasteiger partial charge < -0.3 is 14.9 Å². The van der Waals surface area contributed by atoms with Gasteiger partial charge in [0.1, 0.15) is 17.3 Å². The second-order valence-electron chi connectivity index (χ2n) is 8.49. The van der Waals surface area contributed by atoms with Crippen LogP contribution in [0.5, 0.6) is 11.5 Å². The number of fused-ring (bicyclic) bond motifs is 1. The van der Waals surface area contributed by atoms with Gasteiger partial charge in [-0.2, -0.15) is 18.3 Å². The average molecular weight is 551 g/mol. The van der Waals surface area contributed by atoms with Crippen molar-refractivity contribution in [1.29, 1.82) is 0 Å². The van der Waals surface area contributed by atoms with E-state index in [4.69, 9.17) is 5.11 Å². The first-order valence-electron chi connectivity index (χ1n) is 11.5. The van der Waals surface area contributed by atoms with E-state index in [-0.39, 0.29) is 34.3 Å². The van der Waals surface area contributed by atoms with Crippen LogP contribution >= 0.6 is 0 Å². The standard InChI is InChI=1S/C28H17F4N3O5/c29-21-14-16(11-12-20(21)28(30,31)32)35-23-10-2-1-7-19(23)24(26(35)37)34-33-22-9-4-8-18(25(22)36)15-5-3-6-17(13-15)40-27(38)39/h1-14,33,36H,(H,38,39). The minimum absolute atomic E-state index is 0.0379. The zero-order valence-corrected chi connectivity index (χ0v) is 20.1. The highest BCUT2D eigenvalue weighted by molar-refractivity contribution is 6.55. The Bertz CT molecular complexity index is 1690. The molecule has 0 aliphatic carbocycles. The van der Waals surface area contributed by atoms with Gasteiger partial charge in [-0.3, -0.25) is 15.1 Å². The molecule has 4 aromatic carbocycles. The molecule has 0 unspecified atom stereocenters. The lowest BCUT2D eigenvalue weighted by Gasteiger charge is -2.18. The van der Waals surface area contributed by atoms with Gasteiger partial charge in [0.25, 0.3) is 5.91 Å². The second kappa shape index (κ2) is 10.1. The van der Waals surface area contributed by atoms with Crippen molar-refractivity contribution in [2.24, 2.45) is 5.10 Å². The Balaban J connectivity index is 1.48. The van der Waals surface area contributed by atoms with Crippen molar-refractivity contribution >= 4 is 34.8 Å². The summed E-state index contributed by atoms with van der Waals surface area (Å²) in [6, 6.07) is 19.2. The fourth-order valence-electron chi connectivity index (χ4n) is 4.25. The predicted molar refractivity (Wildman–Crippen MR) is 137 cm³/mol. The number of benzene rings is 4. The Morgan fingerprint density at radius 3 is 2.38 bits per heavy atom. The summed E-state index contributed by atoms with van der Waals surface area (Å²) >= 11 is 0. The van der Waals surface area contributed by atoms with Crippen LogP contribution in [0.15, 0.2) is 90.0 Å². The number of carbonyl (C=O) groups excluding carboxylic acids is 1. The van der Waals surface area contributed by atoms with Crippen LogP contribution in [0, 0.1) is 5.82 Å².